The molecule has 0 aliphatic heterocycles. The lowest BCUT2D eigenvalue weighted by molar-refractivity contribution is 0.548. The van der Waals surface area contributed by atoms with Crippen LogP contribution in [0.3, 0.4) is 0 Å². The van der Waals surface area contributed by atoms with Crippen molar-refractivity contribution < 1.29 is 0 Å². The summed E-state index contributed by atoms with van der Waals surface area (Å²) < 4.78 is 0. The van der Waals surface area contributed by atoms with Gasteiger partial charge in [0.25, 0.3) is 0 Å². The lowest BCUT2D eigenvalue weighted by atomic mass is 10.0. The normalized spacial score (nSPS) is 12.4. The van der Waals surface area contributed by atoms with Crippen LogP contribution < -0.4 is 5.32 Å². The second kappa shape index (κ2) is 7.57. The van der Waals surface area contributed by atoms with E-state index >= 15 is 0 Å². The van der Waals surface area contributed by atoms with E-state index in [9.17, 15) is 0 Å². The van der Waals surface area contributed by atoms with Crippen LogP contribution in [0.1, 0.15) is 38.8 Å². The standard InChI is InChI=1S/C15H23NS/c1-5-16-15(11-12(3)4)13-7-9-14(10-8-13)17-6-2/h7-10,15-16H,3,5-6,11H2,1-2,4H3. The van der Waals surface area contributed by atoms with Gasteiger partial charge < -0.3 is 5.32 Å². The van der Waals surface area contributed by atoms with Crippen molar-refractivity contribution >= 4 is 11.8 Å². The molecule has 1 aromatic carbocycles. The Morgan fingerprint density at radius 1 is 1.29 bits per heavy atom. The summed E-state index contributed by atoms with van der Waals surface area (Å²) in [7, 11) is 0. The molecule has 0 saturated carbocycles. The van der Waals surface area contributed by atoms with E-state index in [-0.39, 0.29) is 0 Å². The van der Waals surface area contributed by atoms with Crippen molar-refractivity contribution in [1.29, 1.82) is 0 Å². The van der Waals surface area contributed by atoms with Gasteiger partial charge in [0.2, 0.25) is 0 Å². The smallest absolute Gasteiger partial charge is 0.0357 e. The molecule has 17 heavy (non-hydrogen) atoms. The van der Waals surface area contributed by atoms with Gasteiger partial charge in [-0.15, -0.1) is 18.3 Å². The van der Waals surface area contributed by atoms with Crippen molar-refractivity contribution in [3.05, 3.63) is 42.0 Å². The molecule has 1 unspecified atom stereocenters. The minimum absolute atomic E-state index is 0.401. The quantitative estimate of drug-likeness (QED) is 0.567. The average Bonchev–Trinajstić information content (AvgIpc) is 2.29. The minimum atomic E-state index is 0.401. The van der Waals surface area contributed by atoms with Crippen LogP contribution in [0.4, 0.5) is 0 Å². The summed E-state index contributed by atoms with van der Waals surface area (Å²) in [5.41, 5.74) is 2.58. The maximum absolute atomic E-state index is 4.01. The molecule has 0 aromatic heterocycles. The Hall–Kier alpha value is -0.730. The molecule has 2 heteroatoms. The van der Waals surface area contributed by atoms with Gasteiger partial charge in [-0.1, -0.05) is 31.6 Å². The van der Waals surface area contributed by atoms with Gasteiger partial charge in [0.15, 0.2) is 0 Å². The Morgan fingerprint density at radius 2 is 1.94 bits per heavy atom. The van der Waals surface area contributed by atoms with Gasteiger partial charge >= 0.3 is 0 Å². The SMILES string of the molecule is C=C(C)CC(NCC)c1ccc(SCC)cc1. The van der Waals surface area contributed by atoms with Gasteiger partial charge in [-0.25, -0.2) is 0 Å². The topological polar surface area (TPSA) is 12.0 Å². The Bertz CT molecular complexity index is 342. The zero-order valence-electron chi connectivity index (χ0n) is 11.1. The monoisotopic (exact) mass is 249 g/mol. The zero-order valence-corrected chi connectivity index (χ0v) is 11.9. The highest BCUT2D eigenvalue weighted by molar-refractivity contribution is 7.99. The first-order chi connectivity index (χ1) is 8.17. The van der Waals surface area contributed by atoms with Crippen LogP contribution in [-0.4, -0.2) is 12.3 Å². The highest BCUT2D eigenvalue weighted by Gasteiger charge is 2.09. The summed E-state index contributed by atoms with van der Waals surface area (Å²) >= 11 is 1.88. The molecule has 0 bridgehead atoms. The summed E-state index contributed by atoms with van der Waals surface area (Å²) in [4.78, 5) is 1.35. The van der Waals surface area contributed by atoms with E-state index in [1.54, 1.807) is 0 Å². The molecule has 0 radical (unpaired) electrons. The number of hydrogen-bond donors (Lipinski definition) is 1. The van der Waals surface area contributed by atoms with E-state index in [1.807, 2.05) is 11.8 Å². The maximum atomic E-state index is 4.01. The first-order valence-corrected chi connectivity index (χ1v) is 7.26. The molecular weight excluding hydrogens is 226 g/mol. The van der Waals surface area contributed by atoms with E-state index in [0.29, 0.717) is 6.04 Å². The van der Waals surface area contributed by atoms with Gasteiger partial charge in [0, 0.05) is 10.9 Å². The molecule has 0 saturated heterocycles. The first kappa shape index (κ1) is 14.3. The summed E-state index contributed by atoms with van der Waals surface area (Å²) in [6.07, 6.45) is 1.01. The van der Waals surface area contributed by atoms with Crippen molar-refractivity contribution in [1.82, 2.24) is 5.32 Å². The number of rotatable bonds is 7. The molecule has 0 heterocycles. The second-order valence-electron chi connectivity index (χ2n) is 4.27. The van der Waals surface area contributed by atoms with E-state index in [0.717, 1.165) is 18.7 Å². The molecule has 0 aliphatic rings. The highest BCUT2D eigenvalue weighted by atomic mass is 32.2. The predicted molar refractivity (Wildman–Crippen MR) is 78.7 cm³/mol. The molecular formula is C15H23NS. The largest absolute Gasteiger partial charge is 0.310 e. The lowest BCUT2D eigenvalue weighted by Gasteiger charge is -2.18. The van der Waals surface area contributed by atoms with Gasteiger partial charge in [0.05, 0.1) is 0 Å². The van der Waals surface area contributed by atoms with E-state index in [4.69, 9.17) is 0 Å². The Labute approximate surface area is 110 Å². The first-order valence-electron chi connectivity index (χ1n) is 6.27. The van der Waals surface area contributed by atoms with Crippen LogP contribution in [0.5, 0.6) is 0 Å². The zero-order chi connectivity index (χ0) is 12.7. The Morgan fingerprint density at radius 3 is 2.41 bits per heavy atom. The maximum Gasteiger partial charge on any atom is 0.0357 e. The molecule has 1 N–H and O–H groups in total. The van der Waals surface area contributed by atoms with E-state index in [2.05, 4.69) is 56.9 Å². The van der Waals surface area contributed by atoms with Gasteiger partial charge in [0.1, 0.15) is 0 Å². The van der Waals surface area contributed by atoms with Gasteiger partial charge in [-0.05, 0) is 43.3 Å². The van der Waals surface area contributed by atoms with E-state index in [1.165, 1.54) is 16.0 Å². The molecule has 0 spiro atoms. The van der Waals surface area contributed by atoms with Crippen LogP contribution in [0, 0.1) is 0 Å². The van der Waals surface area contributed by atoms with Crippen molar-refractivity contribution in [2.24, 2.45) is 0 Å². The van der Waals surface area contributed by atoms with Crippen molar-refractivity contribution in [2.45, 2.75) is 38.1 Å². The van der Waals surface area contributed by atoms with E-state index < -0.39 is 0 Å². The molecule has 1 nitrogen and oxygen atoms in total. The third-order valence-corrected chi connectivity index (χ3v) is 3.49. The predicted octanol–water partition coefficient (Wildman–Crippen LogP) is 4.42. The molecule has 94 valence electrons. The molecule has 0 amide bonds. The fourth-order valence-electron chi connectivity index (χ4n) is 1.87. The highest BCUT2D eigenvalue weighted by Crippen LogP contribution is 2.24. The molecule has 1 atom stereocenters. The van der Waals surface area contributed by atoms with Crippen molar-refractivity contribution in [3.8, 4) is 0 Å². The van der Waals surface area contributed by atoms with Crippen molar-refractivity contribution in [3.63, 3.8) is 0 Å². The van der Waals surface area contributed by atoms with Crippen LogP contribution in [0.25, 0.3) is 0 Å². The molecule has 1 rings (SSSR count). The van der Waals surface area contributed by atoms with Gasteiger partial charge in [-0.2, -0.15) is 0 Å². The summed E-state index contributed by atoms with van der Waals surface area (Å²) in [5, 5.41) is 3.51. The molecule has 0 fully saturated rings. The van der Waals surface area contributed by atoms with Crippen LogP contribution in [0.15, 0.2) is 41.3 Å². The number of thioether (sulfide) groups is 1. The fourth-order valence-corrected chi connectivity index (χ4v) is 2.53. The summed E-state index contributed by atoms with van der Waals surface area (Å²) in [6, 6.07) is 9.29. The second-order valence-corrected chi connectivity index (χ2v) is 5.61. The van der Waals surface area contributed by atoms with Crippen LogP contribution in [0.2, 0.25) is 0 Å². The molecule has 0 aliphatic carbocycles. The Kier molecular flexibility index (Phi) is 6.38. The Balaban J connectivity index is 2.75. The number of hydrogen-bond acceptors (Lipinski definition) is 2. The summed E-state index contributed by atoms with van der Waals surface area (Å²) in [5.74, 6) is 1.13. The van der Waals surface area contributed by atoms with Crippen LogP contribution in [-0.2, 0) is 0 Å². The number of nitrogens with one attached hydrogen (secondary N) is 1. The van der Waals surface area contributed by atoms with Crippen LogP contribution >= 0.6 is 11.8 Å². The third-order valence-electron chi connectivity index (χ3n) is 2.60. The van der Waals surface area contributed by atoms with Gasteiger partial charge in [-0.3, -0.25) is 0 Å². The fraction of sp³-hybridized carbons (Fsp3) is 0.467. The molecule has 1 aromatic rings. The van der Waals surface area contributed by atoms with Crippen molar-refractivity contribution in [2.75, 3.05) is 12.3 Å². The third kappa shape index (κ3) is 4.97. The lowest BCUT2D eigenvalue weighted by Crippen LogP contribution is -2.20. The summed E-state index contributed by atoms with van der Waals surface area (Å²) in [6.45, 7) is 11.4. The minimum Gasteiger partial charge on any atom is -0.310 e. The average molecular weight is 249 g/mol. The number of benzene rings is 1.